The molecule has 0 unspecified atom stereocenters. The minimum atomic E-state index is -1.18. The summed E-state index contributed by atoms with van der Waals surface area (Å²) in [5.41, 5.74) is -0.731. The van der Waals surface area contributed by atoms with Crippen molar-refractivity contribution in [3.63, 3.8) is 0 Å². The van der Waals surface area contributed by atoms with Crippen LogP contribution < -0.4 is 10.6 Å². The van der Waals surface area contributed by atoms with Crippen molar-refractivity contribution in [1.29, 1.82) is 0 Å². The van der Waals surface area contributed by atoms with Crippen LogP contribution in [0.25, 0.3) is 0 Å². The van der Waals surface area contributed by atoms with Crippen LogP contribution in [0.15, 0.2) is 30.4 Å². The first-order valence-corrected chi connectivity index (χ1v) is 16.3. The highest BCUT2D eigenvalue weighted by atomic mass is 35.5. The first-order chi connectivity index (χ1) is 20.1. The molecule has 8 nitrogen and oxygen atoms in total. The lowest BCUT2D eigenvalue weighted by molar-refractivity contribution is -0.142. The van der Waals surface area contributed by atoms with Gasteiger partial charge < -0.3 is 20.3 Å². The highest BCUT2D eigenvalue weighted by Crippen LogP contribution is 2.55. The summed E-state index contributed by atoms with van der Waals surface area (Å²) in [7, 11) is 0. The number of amides is 3. The van der Waals surface area contributed by atoms with E-state index in [1.54, 1.807) is 23.1 Å². The number of hydrogen-bond acceptors (Lipinski definition) is 5. The minimum absolute atomic E-state index is 0.0463. The summed E-state index contributed by atoms with van der Waals surface area (Å²) in [5.74, 6) is -1.43. The number of rotatable bonds is 7. The number of anilines is 1. The molecule has 1 aromatic rings. The van der Waals surface area contributed by atoms with E-state index in [0.717, 1.165) is 38.6 Å². The van der Waals surface area contributed by atoms with Gasteiger partial charge in [0.25, 0.3) is 0 Å². The van der Waals surface area contributed by atoms with E-state index < -0.39 is 29.6 Å². The van der Waals surface area contributed by atoms with Gasteiger partial charge in [0.1, 0.15) is 11.6 Å². The second kappa shape index (κ2) is 11.8. The van der Waals surface area contributed by atoms with E-state index in [0.29, 0.717) is 46.7 Å². The zero-order valence-corrected chi connectivity index (χ0v) is 26.2. The average Bonchev–Trinajstić information content (AvgIpc) is 3.57. The molecule has 42 heavy (non-hydrogen) atoms. The van der Waals surface area contributed by atoms with Gasteiger partial charge in [-0.1, -0.05) is 68.5 Å². The smallest absolute Gasteiger partial charge is 0.246 e. The fourth-order valence-corrected chi connectivity index (χ4v) is 8.66. The molecule has 4 heterocycles. The second-order valence-corrected chi connectivity index (χ2v) is 14.0. The number of ether oxygens (including phenoxy) is 1. The van der Waals surface area contributed by atoms with Gasteiger partial charge in [0.05, 0.1) is 17.9 Å². The third kappa shape index (κ3) is 5.27. The average molecular weight is 618 g/mol. The van der Waals surface area contributed by atoms with Crippen molar-refractivity contribution in [1.82, 2.24) is 15.1 Å². The molecule has 0 radical (unpaired) electrons. The normalized spacial score (nSPS) is 37.6. The van der Waals surface area contributed by atoms with Crippen LogP contribution in [0.1, 0.15) is 59.3 Å². The third-order valence-electron chi connectivity index (χ3n) is 10.7. The molecule has 1 aromatic carbocycles. The van der Waals surface area contributed by atoms with Gasteiger partial charge in [-0.15, -0.1) is 0 Å². The van der Waals surface area contributed by atoms with Crippen molar-refractivity contribution in [3.8, 4) is 0 Å². The second-order valence-electron chi connectivity index (χ2n) is 13.1. The first-order valence-electron chi connectivity index (χ1n) is 15.6. The van der Waals surface area contributed by atoms with Gasteiger partial charge in [-0.25, -0.2) is 0 Å². The van der Waals surface area contributed by atoms with Gasteiger partial charge in [-0.2, -0.15) is 0 Å². The molecule has 228 valence electrons. The van der Waals surface area contributed by atoms with Crippen LogP contribution >= 0.6 is 23.2 Å². The highest BCUT2D eigenvalue weighted by Gasteiger charge is 2.72. The van der Waals surface area contributed by atoms with E-state index in [9.17, 15) is 14.4 Å². The number of carbonyl (C=O) groups is 3. The van der Waals surface area contributed by atoms with E-state index in [1.807, 2.05) is 12.2 Å². The molecule has 9 atom stereocenters. The molecule has 10 heteroatoms. The van der Waals surface area contributed by atoms with Crippen LogP contribution in [-0.4, -0.2) is 77.0 Å². The lowest BCUT2D eigenvalue weighted by atomic mass is 9.73. The van der Waals surface area contributed by atoms with Crippen LogP contribution in [0.2, 0.25) is 10.0 Å². The van der Waals surface area contributed by atoms with Crippen LogP contribution in [0.4, 0.5) is 5.69 Å². The molecule has 0 aromatic heterocycles. The topological polar surface area (TPSA) is 91.0 Å². The maximum absolute atomic E-state index is 14.3. The van der Waals surface area contributed by atoms with Crippen LogP contribution in [-0.2, 0) is 19.1 Å². The number of nitrogens with one attached hydrogen (secondary N) is 2. The molecule has 3 amide bonds. The summed E-state index contributed by atoms with van der Waals surface area (Å²) in [6, 6.07) is 4.48. The Kier molecular flexibility index (Phi) is 8.37. The highest BCUT2D eigenvalue weighted by molar-refractivity contribution is 6.35. The first kappa shape index (κ1) is 29.9. The molecule has 4 aliphatic heterocycles. The number of likely N-dealkylation sites (tertiary alicyclic amines) is 2. The quantitative estimate of drug-likeness (QED) is 0.425. The Hall–Kier alpha value is -2.13. The fraction of sp³-hybridized carbons (Fsp3) is 0.656. The number of fused-ring (bicyclic) bond motifs is 1. The van der Waals surface area contributed by atoms with Crippen molar-refractivity contribution in [2.24, 2.45) is 23.7 Å². The summed E-state index contributed by atoms with van der Waals surface area (Å²) in [5, 5.41) is 7.04. The number of piperidine rings is 1. The monoisotopic (exact) mass is 616 g/mol. The molecule has 2 bridgehead atoms. The molecule has 3 saturated heterocycles. The van der Waals surface area contributed by atoms with E-state index in [4.69, 9.17) is 27.9 Å². The summed E-state index contributed by atoms with van der Waals surface area (Å²) in [4.78, 5) is 46.4. The van der Waals surface area contributed by atoms with E-state index >= 15 is 0 Å². The molecule has 1 spiro atoms. The van der Waals surface area contributed by atoms with E-state index in [-0.39, 0.29) is 23.8 Å². The lowest BCUT2D eigenvalue weighted by Gasteiger charge is -2.39. The lowest BCUT2D eigenvalue weighted by Crippen LogP contribution is -2.58. The summed E-state index contributed by atoms with van der Waals surface area (Å²) < 4.78 is 6.53. The molecule has 2 N–H and O–H groups in total. The van der Waals surface area contributed by atoms with Crippen molar-refractivity contribution < 1.29 is 19.1 Å². The Bertz CT molecular complexity index is 1250. The number of hydrogen-bond donors (Lipinski definition) is 2. The molecule has 1 aliphatic carbocycles. The SMILES string of the molecule is C[C@H]1[C@H](C)CCC[C@@H]1NC(=O)[C@@H]1N(CCN2CCCC[C@@H]2C)C(=O)[C@@H]2[C@@H](C(=O)Nc3cc(Cl)cc(Cl)c3)[C@@H]3C=C[C@]21O3. The van der Waals surface area contributed by atoms with Crippen molar-refractivity contribution in [2.45, 2.75) is 89.1 Å². The van der Waals surface area contributed by atoms with Crippen LogP contribution in [0.5, 0.6) is 0 Å². The molecular weight excluding hydrogens is 575 g/mol. The van der Waals surface area contributed by atoms with Gasteiger partial charge in [-0.3, -0.25) is 19.3 Å². The van der Waals surface area contributed by atoms with Gasteiger partial charge in [-0.05, 0) is 62.8 Å². The molecule has 4 fully saturated rings. The van der Waals surface area contributed by atoms with Crippen LogP contribution in [0, 0.1) is 23.7 Å². The van der Waals surface area contributed by atoms with Crippen molar-refractivity contribution >= 4 is 46.6 Å². The Balaban J connectivity index is 1.28. The van der Waals surface area contributed by atoms with Gasteiger partial charge in [0.15, 0.2) is 0 Å². The summed E-state index contributed by atoms with van der Waals surface area (Å²) >= 11 is 12.3. The standard InChI is InChI=1S/C32H42Cl2N4O4/c1-18-7-6-9-24(20(18)3)36-30(40)28-32-11-10-25(42-32)26(29(39)35-23-16-21(33)15-22(34)17-23)27(32)31(41)38(28)14-13-37-12-5-4-8-19(37)2/h10-11,15-20,24-28H,4-9,12-14H2,1-3H3,(H,35,39)(H,36,40)/t18-,19+,20+,24+,25+,26+,27+,28+,32+/m1/s1. The predicted molar refractivity (Wildman–Crippen MR) is 163 cm³/mol. The zero-order valence-electron chi connectivity index (χ0n) is 24.7. The van der Waals surface area contributed by atoms with Gasteiger partial charge >= 0.3 is 0 Å². The fourth-order valence-electron chi connectivity index (χ4n) is 8.13. The molecule has 1 saturated carbocycles. The Morgan fingerprint density at radius 1 is 1.00 bits per heavy atom. The Labute approximate surface area is 258 Å². The van der Waals surface area contributed by atoms with Gasteiger partial charge in [0, 0.05) is 40.9 Å². The molecule has 6 rings (SSSR count). The summed E-state index contributed by atoms with van der Waals surface area (Å²) in [6.45, 7) is 8.74. The van der Waals surface area contributed by atoms with Gasteiger partial charge in [0.2, 0.25) is 17.7 Å². The largest absolute Gasteiger partial charge is 0.359 e. The minimum Gasteiger partial charge on any atom is -0.359 e. The van der Waals surface area contributed by atoms with Crippen LogP contribution in [0.3, 0.4) is 0 Å². The predicted octanol–water partition coefficient (Wildman–Crippen LogP) is 4.90. The molecule has 5 aliphatic rings. The van der Waals surface area contributed by atoms with E-state index in [1.165, 1.54) is 6.42 Å². The van der Waals surface area contributed by atoms with Crippen molar-refractivity contribution in [2.75, 3.05) is 25.0 Å². The number of nitrogens with zero attached hydrogens (tertiary/aromatic N) is 2. The van der Waals surface area contributed by atoms with Crippen molar-refractivity contribution in [3.05, 3.63) is 40.4 Å². The summed E-state index contributed by atoms with van der Waals surface area (Å²) in [6.07, 6.45) is 9.75. The maximum atomic E-state index is 14.3. The number of benzene rings is 1. The van der Waals surface area contributed by atoms with E-state index in [2.05, 4.69) is 36.3 Å². The third-order valence-corrected chi connectivity index (χ3v) is 11.1. The number of carbonyl (C=O) groups excluding carboxylic acids is 3. The Morgan fingerprint density at radius 3 is 2.50 bits per heavy atom. The molecular formula is C32H42Cl2N4O4. The number of halogens is 2. The zero-order chi connectivity index (χ0) is 29.8. The maximum Gasteiger partial charge on any atom is 0.246 e. The Morgan fingerprint density at radius 2 is 1.76 bits per heavy atom.